The van der Waals surface area contributed by atoms with Crippen LogP contribution in [-0.4, -0.2) is 5.97 Å². The van der Waals surface area contributed by atoms with Crippen LogP contribution in [0.2, 0.25) is 0 Å². The molecule has 0 saturated carbocycles. The topological polar surface area (TPSA) is 26.3 Å². The monoisotopic (exact) mass is 302 g/mol. The van der Waals surface area contributed by atoms with Crippen LogP contribution < -0.4 is 0 Å². The maximum absolute atomic E-state index is 11.5. The quantitative estimate of drug-likeness (QED) is 0.633. The molecule has 2 nitrogen and oxygen atoms in total. The minimum atomic E-state index is -0.376. The van der Waals surface area contributed by atoms with Gasteiger partial charge in [0.1, 0.15) is 0 Å². The van der Waals surface area contributed by atoms with Gasteiger partial charge in [-0.25, -0.2) is 0 Å². The summed E-state index contributed by atoms with van der Waals surface area (Å²) < 4.78 is 5.53. The Morgan fingerprint density at radius 3 is 1.74 bits per heavy atom. The Kier molecular flexibility index (Phi) is 4.53. The number of rotatable bonds is 4. The molecule has 114 valence electrons. The van der Waals surface area contributed by atoms with Crippen LogP contribution >= 0.6 is 0 Å². The maximum Gasteiger partial charge on any atom is 0.303 e. The minimum absolute atomic E-state index is 0.286. The zero-order valence-electron chi connectivity index (χ0n) is 13.0. The second-order valence-corrected chi connectivity index (χ2v) is 5.39. The van der Waals surface area contributed by atoms with E-state index in [1.54, 1.807) is 0 Å². The third-order valence-corrected chi connectivity index (χ3v) is 3.71. The van der Waals surface area contributed by atoms with Gasteiger partial charge in [0.05, 0.1) is 0 Å². The zero-order chi connectivity index (χ0) is 16.1. The van der Waals surface area contributed by atoms with E-state index < -0.39 is 0 Å². The Labute approximate surface area is 136 Å². The fraction of sp³-hybridized carbons (Fsp3) is 0.0952. The van der Waals surface area contributed by atoms with Crippen LogP contribution in [0, 0.1) is 0 Å². The average molecular weight is 302 g/mol. The molecule has 0 spiro atoms. The summed E-state index contributed by atoms with van der Waals surface area (Å²) in [5.41, 5.74) is 4.24. The standard InChI is InChI=1S/C21H18O2/c1-16(22)23-21(19-10-6-3-7-11-19)20-14-12-18(13-15-20)17-8-4-2-5-9-17/h2-15,21H,1H3/t21-/m1/s1. The smallest absolute Gasteiger partial charge is 0.303 e. The molecule has 0 N–H and O–H groups in total. The Bertz CT molecular complexity index is 762. The summed E-state index contributed by atoms with van der Waals surface area (Å²) >= 11 is 0. The normalized spacial score (nSPS) is 11.7. The summed E-state index contributed by atoms with van der Waals surface area (Å²) in [6, 6.07) is 28.2. The molecule has 2 heteroatoms. The molecule has 0 bridgehead atoms. The highest BCUT2D eigenvalue weighted by atomic mass is 16.5. The summed E-state index contributed by atoms with van der Waals surface area (Å²) in [6.45, 7) is 1.44. The van der Waals surface area contributed by atoms with Gasteiger partial charge in [-0.2, -0.15) is 0 Å². The van der Waals surface area contributed by atoms with Crippen LogP contribution in [0.15, 0.2) is 84.9 Å². The zero-order valence-corrected chi connectivity index (χ0v) is 13.0. The average Bonchev–Trinajstić information content (AvgIpc) is 2.61. The number of benzene rings is 3. The van der Waals surface area contributed by atoms with Crippen LogP contribution in [0.4, 0.5) is 0 Å². The lowest BCUT2D eigenvalue weighted by Gasteiger charge is -2.18. The van der Waals surface area contributed by atoms with Crippen LogP contribution in [-0.2, 0) is 9.53 Å². The van der Waals surface area contributed by atoms with E-state index in [1.165, 1.54) is 12.5 Å². The van der Waals surface area contributed by atoms with E-state index in [1.807, 2.05) is 60.7 Å². The lowest BCUT2D eigenvalue weighted by molar-refractivity contribution is -0.144. The van der Waals surface area contributed by atoms with Crippen molar-refractivity contribution in [1.82, 2.24) is 0 Å². The third kappa shape index (κ3) is 3.67. The molecular formula is C21H18O2. The molecular weight excluding hydrogens is 284 g/mol. The van der Waals surface area contributed by atoms with E-state index in [2.05, 4.69) is 24.3 Å². The molecule has 3 aromatic rings. The Morgan fingerprint density at radius 1 is 0.696 bits per heavy atom. The highest BCUT2D eigenvalue weighted by Crippen LogP contribution is 2.28. The fourth-order valence-corrected chi connectivity index (χ4v) is 2.60. The van der Waals surface area contributed by atoms with Gasteiger partial charge >= 0.3 is 5.97 Å². The van der Waals surface area contributed by atoms with E-state index in [4.69, 9.17) is 4.74 Å². The molecule has 0 radical (unpaired) electrons. The first-order chi connectivity index (χ1) is 11.2. The molecule has 0 amide bonds. The van der Waals surface area contributed by atoms with Gasteiger partial charge < -0.3 is 4.74 Å². The summed E-state index contributed by atoms with van der Waals surface area (Å²) in [5.74, 6) is -0.286. The van der Waals surface area contributed by atoms with Crippen molar-refractivity contribution in [3.05, 3.63) is 96.1 Å². The molecule has 0 aromatic heterocycles. The first kappa shape index (κ1) is 15.0. The Balaban J connectivity index is 1.93. The number of esters is 1. The van der Waals surface area contributed by atoms with Gasteiger partial charge in [0.25, 0.3) is 0 Å². The van der Waals surface area contributed by atoms with E-state index >= 15 is 0 Å². The number of hydrogen-bond acceptors (Lipinski definition) is 2. The molecule has 0 heterocycles. The van der Waals surface area contributed by atoms with Crippen molar-refractivity contribution in [3.8, 4) is 11.1 Å². The highest BCUT2D eigenvalue weighted by Gasteiger charge is 2.17. The fourth-order valence-electron chi connectivity index (χ4n) is 2.60. The van der Waals surface area contributed by atoms with Crippen molar-refractivity contribution in [2.45, 2.75) is 13.0 Å². The lowest BCUT2D eigenvalue weighted by atomic mass is 9.98. The van der Waals surface area contributed by atoms with Crippen molar-refractivity contribution in [2.24, 2.45) is 0 Å². The van der Waals surface area contributed by atoms with Gasteiger partial charge in [-0.15, -0.1) is 0 Å². The highest BCUT2D eigenvalue weighted by molar-refractivity contribution is 5.67. The minimum Gasteiger partial charge on any atom is -0.453 e. The molecule has 0 aliphatic rings. The summed E-state index contributed by atoms with van der Waals surface area (Å²) in [6.07, 6.45) is -0.376. The van der Waals surface area contributed by atoms with Gasteiger partial charge in [0, 0.05) is 6.92 Å². The molecule has 3 rings (SSSR count). The van der Waals surface area contributed by atoms with Crippen molar-refractivity contribution < 1.29 is 9.53 Å². The SMILES string of the molecule is CC(=O)O[C@H](c1ccccc1)c1ccc(-c2ccccc2)cc1. The molecule has 3 aromatic carbocycles. The molecule has 0 aliphatic carbocycles. The summed E-state index contributed by atoms with van der Waals surface area (Å²) in [4.78, 5) is 11.5. The summed E-state index contributed by atoms with van der Waals surface area (Å²) in [7, 11) is 0. The number of hydrogen-bond donors (Lipinski definition) is 0. The Morgan fingerprint density at radius 2 is 1.17 bits per heavy atom. The van der Waals surface area contributed by atoms with Crippen LogP contribution in [0.25, 0.3) is 11.1 Å². The van der Waals surface area contributed by atoms with Gasteiger partial charge in [-0.3, -0.25) is 4.79 Å². The van der Waals surface area contributed by atoms with Crippen molar-refractivity contribution in [3.63, 3.8) is 0 Å². The number of carbonyl (C=O) groups excluding carboxylic acids is 1. The van der Waals surface area contributed by atoms with Crippen LogP contribution in [0.1, 0.15) is 24.2 Å². The molecule has 0 aliphatic heterocycles. The summed E-state index contributed by atoms with van der Waals surface area (Å²) in [5, 5.41) is 0. The van der Waals surface area contributed by atoms with E-state index in [0.717, 1.165) is 16.7 Å². The first-order valence-electron chi connectivity index (χ1n) is 7.61. The van der Waals surface area contributed by atoms with Gasteiger partial charge in [0.2, 0.25) is 0 Å². The predicted molar refractivity (Wildman–Crippen MR) is 91.9 cm³/mol. The number of carbonyl (C=O) groups is 1. The van der Waals surface area contributed by atoms with Crippen LogP contribution in [0.3, 0.4) is 0 Å². The third-order valence-electron chi connectivity index (χ3n) is 3.71. The molecule has 0 fully saturated rings. The second-order valence-electron chi connectivity index (χ2n) is 5.39. The van der Waals surface area contributed by atoms with Crippen molar-refractivity contribution in [1.29, 1.82) is 0 Å². The van der Waals surface area contributed by atoms with E-state index in [9.17, 15) is 4.79 Å². The Hall–Kier alpha value is -2.87. The molecule has 23 heavy (non-hydrogen) atoms. The van der Waals surface area contributed by atoms with Gasteiger partial charge in [-0.1, -0.05) is 84.9 Å². The molecule has 1 atom stereocenters. The van der Waals surface area contributed by atoms with Crippen molar-refractivity contribution in [2.75, 3.05) is 0 Å². The van der Waals surface area contributed by atoms with E-state index in [0.29, 0.717) is 0 Å². The largest absolute Gasteiger partial charge is 0.453 e. The van der Waals surface area contributed by atoms with Gasteiger partial charge in [0.15, 0.2) is 6.10 Å². The molecule has 0 saturated heterocycles. The maximum atomic E-state index is 11.5. The lowest BCUT2D eigenvalue weighted by Crippen LogP contribution is -2.09. The first-order valence-corrected chi connectivity index (χ1v) is 7.61. The van der Waals surface area contributed by atoms with Crippen LogP contribution in [0.5, 0.6) is 0 Å². The number of ether oxygens (including phenoxy) is 1. The molecule has 0 unspecified atom stereocenters. The van der Waals surface area contributed by atoms with Crippen molar-refractivity contribution >= 4 is 5.97 Å². The van der Waals surface area contributed by atoms with E-state index in [-0.39, 0.29) is 12.1 Å². The van der Waals surface area contributed by atoms with Gasteiger partial charge in [-0.05, 0) is 22.3 Å². The predicted octanol–water partition coefficient (Wildman–Crippen LogP) is 5.01. The second kappa shape index (κ2) is 6.93.